The van der Waals surface area contributed by atoms with Gasteiger partial charge in [0, 0.05) is 21.1 Å². The maximum atomic E-state index is 13.3. The van der Waals surface area contributed by atoms with E-state index in [2.05, 4.69) is 42.2 Å². The molecule has 4 rings (SSSR count). The average Bonchev–Trinajstić information content (AvgIpc) is 3.19. The molecule has 0 aliphatic heterocycles. The Labute approximate surface area is 191 Å². The number of benzene rings is 3. The Morgan fingerprint density at radius 1 is 0.867 bits per heavy atom. The Balaban J connectivity index is 1.77. The van der Waals surface area contributed by atoms with Crippen LogP contribution < -0.4 is 5.32 Å². The lowest BCUT2D eigenvalue weighted by atomic mass is 10.2. The molecule has 152 valence electrons. The summed E-state index contributed by atoms with van der Waals surface area (Å²) < 4.78 is 34.1. The zero-order valence-electron chi connectivity index (χ0n) is 15.5. The van der Waals surface area contributed by atoms with E-state index in [1.54, 1.807) is 12.1 Å². The Morgan fingerprint density at radius 3 is 2.30 bits per heavy atom. The number of oxazole rings is 1. The Hall–Kier alpha value is -2.42. The molecular weight excluding hydrogens is 532 g/mol. The fraction of sp³-hybridized carbons (Fsp3) is 0.0455. The molecule has 1 heterocycles. The van der Waals surface area contributed by atoms with Crippen molar-refractivity contribution in [3.8, 4) is 11.5 Å². The number of nitrogens with one attached hydrogen (secondary N) is 1. The van der Waals surface area contributed by atoms with Gasteiger partial charge in [-0.15, -0.1) is 0 Å². The van der Waals surface area contributed by atoms with Crippen LogP contribution in [0.25, 0.3) is 11.5 Å². The molecule has 0 amide bonds. The van der Waals surface area contributed by atoms with Gasteiger partial charge in [0.05, 0.1) is 4.90 Å². The van der Waals surface area contributed by atoms with Crippen molar-refractivity contribution in [1.29, 1.82) is 0 Å². The highest BCUT2D eigenvalue weighted by atomic mass is 79.9. The van der Waals surface area contributed by atoms with Crippen LogP contribution in [0.5, 0.6) is 0 Å². The second kappa shape index (κ2) is 8.75. The van der Waals surface area contributed by atoms with Crippen molar-refractivity contribution >= 4 is 47.6 Å². The first kappa shape index (κ1) is 20.8. The molecule has 0 saturated carbocycles. The molecule has 0 saturated heterocycles. The van der Waals surface area contributed by atoms with E-state index >= 15 is 0 Å². The summed E-state index contributed by atoms with van der Waals surface area (Å²) in [4.78, 5) is 4.50. The predicted molar refractivity (Wildman–Crippen MR) is 123 cm³/mol. The Kier molecular flexibility index (Phi) is 6.08. The highest BCUT2D eigenvalue weighted by Gasteiger charge is 2.28. The molecule has 1 aromatic heterocycles. The van der Waals surface area contributed by atoms with E-state index < -0.39 is 9.84 Å². The first-order valence-electron chi connectivity index (χ1n) is 8.99. The second-order valence-corrected chi connectivity index (χ2v) is 10.2. The van der Waals surface area contributed by atoms with Crippen LogP contribution in [0.15, 0.2) is 102 Å². The molecule has 3 aromatic carbocycles. The topological polar surface area (TPSA) is 72.2 Å². The third kappa shape index (κ3) is 4.50. The zero-order valence-corrected chi connectivity index (χ0v) is 19.5. The van der Waals surface area contributed by atoms with Crippen molar-refractivity contribution in [3.63, 3.8) is 0 Å². The maximum Gasteiger partial charge on any atom is 0.234 e. The van der Waals surface area contributed by atoms with Crippen molar-refractivity contribution < 1.29 is 12.8 Å². The second-order valence-electron chi connectivity index (χ2n) is 6.46. The maximum absolute atomic E-state index is 13.3. The zero-order chi connectivity index (χ0) is 21.1. The van der Waals surface area contributed by atoms with Crippen LogP contribution in [-0.2, 0) is 16.4 Å². The molecular formula is C22H16Br2N2O3S. The van der Waals surface area contributed by atoms with Crippen LogP contribution >= 0.6 is 31.9 Å². The van der Waals surface area contributed by atoms with Gasteiger partial charge >= 0.3 is 0 Å². The molecule has 0 bridgehead atoms. The van der Waals surface area contributed by atoms with Gasteiger partial charge in [-0.2, -0.15) is 4.98 Å². The molecule has 1 N–H and O–H groups in total. The van der Waals surface area contributed by atoms with Crippen molar-refractivity contribution in [2.75, 3.05) is 5.32 Å². The molecule has 0 aliphatic rings. The van der Waals surface area contributed by atoms with Gasteiger partial charge in [-0.1, -0.05) is 68.3 Å². The van der Waals surface area contributed by atoms with Gasteiger partial charge in [0.15, 0.2) is 0 Å². The number of anilines is 1. The van der Waals surface area contributed by atoms with Crippen LogP contribution in [-0.4, -0.2) is 13.4 Å². The minimum atomic E-state index is -3.89. The van der Waals surface area contributed by atoms with E-state index in [1.165, 1.54) is 12.1 Å². The van der Waals surface area contributed by atoms with Crippen LogP contribution in [0.1, 0.15) is 5.56 Å². The molecule has 0 fully saturated rings. The quantitative estimate of drug-likeness (QED) is 0.306. The van der Waals surface area contributed by atoms with Gasteiger partial charge in [0.1, 0.15) is 0 Å². The third-order valence-corrected chi connectivity index (χ3v) is 7.04. The van der Waals surface area contributed by atoms with Crippen LogP contribution in [0.3, 0.4) is 0 Å². The van der Waals surface area contributed by atoms with Gasteiger partial charge in [0.2, 0.25) is 26.6 Å². The minimum absolute atomic E-state index is 0.108. The smallest absolute Gasteiger partial charge is 0.234 e. The van der Waals surface area contributed by atoms with E-state index in [0.29, 0.717) is 12.1 Å². The summed E-state index contributed by atoms with van der Waals surface area (Å²) in [6, 6.07) is 23.4. The number of nitrogens with zero attached hydrogens (tertiary/aromatic N) is 1. The number of rotatable bonds is 6. The lowest BCUT2D eigenvalue weighted by molar-refractivity contribution is 0.576. The first-order chi connectivity index (χ1) is 14.4. The van der Waals surface area contributed by atoms with E-state index in [-0.39, 0.29) is 21.7 Å². The summed E-state index contributed by atoms with van der Waals surface area (Å²) in [6.45, 7) is 0.400. The molecule has 5 nitrogen and oxygen atoms in total. The largest absolute Gasteiger partial charge is 0.419 e. The van der Waals surface area contributed by atoms with Gasteiger partial charge in [-0.3, -0.25) is 0 Å². The molecule has 0 radical (unpaired) electrons. The summed E-state index contributed by atoms with van der Waals surface area (Å²) >= 11 is 6.75. The van der Waals surface area contributed by atoms with Crippen molar-refractivity contribution in [2.45, 2.75) is 16.5 Å². The van der Waals surface area contributed by atoms with E-state index in [9.17, 15) is 8.42 Å². The third-order valence-electron chi connectivity index (χ3n) is 4.34. The summed E-state index contributed by atoms with van der Waals surface area (Å²) in [5, 5.41) is 2.95. The van der Waals surface area contributed by atoms with Crippen molar-refractivity contribution in [3.05, 3.63) is 93.4 Å². The van der Waals surface area contributed by atoms with Gasteiger partial charge in [-0.25, -0.2) is 8.42 Å². The summed E-state index contributed by atoms with van der Waals surface area (Å²) in [6.07, 6.45) is 0. The highest BCUT2D eigenvalue weighted by Crippen LogP contribution is 2.33. The average molecular weight is 548 g/mol. The molecule has 4 aromatic rings. The number of aromatic nitrogens is 1. The lowest BCUT2D eigenvalue weighted by Gasteiger charge is -2.06. The molecule has 0 unspecified atom stereocenters. The normalized spacial score (nSPS) is 11.4. The standard InChI is InChI=1S/C22H16Br2N2O3S/c23-17-9-11-19(12-10-17)30(27,28)22-21(25-14-15-5-2-1-3-6-15)29-20(26-22)16-7-4-8-18(24)13-16/h1-13,25H,14H2. The number of halogens is 2. The summed E-state index contributed by atoms with van der Waals surface area (Å²) in [5.41, 5.74) is 1.66. The van der Waals surface area contributed by atoms with Gasteiger partial charge < -0.3 is 9.73 Å². The predicted octanol–water partition coefficient (Wildman–Crippen LogP) is 6.31. The Bertz CT molecular complexity index is 1270. The van der Waals surface area contributed by atoms with Crippen LogP contribution in [0, 0.1) is 0 Å². The van der Waals surface area contributed by atoms with Crippen LogP contribution in [0.2, 0.25) is 0 Å². The molecule has 0 aliphatic carbocycles. The van der Waals surface area contributed by atoms with Crippen molar-refractivity contribution in [1.82, 2.24) is 4.98 Å². The first-order valence-corrected chi connectivity index (χ1v) is 12.1. The van der Waals surface area contributed by atoms with E-state index in [1.807, 2.05) is 54.6 Å². The lowest BCUT2D eigenvalue weighted by Crippen LogP contribution is -2.07. The monoisotopic (exact) mass is 546 g/mol. The Morgan fingerprint density at radius 2 is 1.60 bits per heavy atom. The molecule has 0 spiro atoms. The minimum Gasteiger partial charge on any atom is -0.419 e. The van der Waals surface area contributed by atoms with Gasteiger partial charge in [0.25, 0.3) is 0 Å². The fourth-order valence-electron chi connectivity index (χ4n) is 2.85. The van der Waals surface area contributed by atoms with E-state index in [4.69, 9.17) is 4.42 Å². The molecule has 30 heavy (non-hydrogen) atoms. The highest BCUT2D eigenvalue weighted by molar-refractivity contribution is 9.10. The number of sulfone groups is 1. The van der Waals surface area contributed by atoms with Crippen molar-refractivity contribution in [2.24, 2.45) is 0 Å². The van der Waals surface area contributed by atoms with Crippen LogP contribution in [0.4, 0.5) is 5.88 Å². The summed E-state index contributed by atoms with van der Waals surface area (Å²) in [7, 11) is -3.89. The fourth-order valence-corrected chi connectivity index (χ4v) is 4.79. The SMILES string of the molecule is O=S(=O)(c1ccc(Br)cc1)c1nc(-c2cccc(Br)c2)oc1NCc1ccccc1. The molecule has 0 atom stereocenters. The van der Waals surface area contributed by atoms with E-state index in [0.717, 1.165) is 14.5 Å². The summed E-state index contributed by atoms with van der Waals surface area (Å²) in [5.74, 6) is 0.333. The number of hydrogen-bond acceptors (Lipinski definition) is 5. The number of hydrogen-bond donors (Lipinski definition) is 1. The van der Waals surface area contributed by atoms with Gasteiger partial charge in [-0.05, 0) is 48.0 Å². The molecule has 8 heteroatoms.